The predicted molar refractivity (Wildman–Crippen MR) is 115 cm³/mol. The lowest BCUT2D eigenvalue weighted by atomic mass is 9.98. The molecule has 0 unspecified atom stereocenters. The van der Waals surface area contributed by atoms with Gasteiger partial charge < -0.3 is 5.32 Å². The quantitative estimate of drug-likeness (QED) is 0.614. The first kappa shape index (κ1) is 21.2. The van der Waals surface area contributed by atoms with Crippen LogP contribution in [0.2, 0.25) is 5.02 Å². The maximum atomic E-state index is 13.0. The Bertz CT molecular complexity index is 736. The number of para-hydroxylation sites is 1. The molecule has 1 aromatic carbocycles. The molecule has 3 rings (SSSR count). The van der Waals surface area contributed by atoms with Crippen molar-refractivity contribution in [2.75, 3.05) is 4.90 Å². The number of anilines is 1. The summed E-state index contributed by atoms with van der Waals surface area (Å²) in [6, 6.07) is 6.97. The minimum atomic E-state index is -0.518. The molecule has 0 atom stereocenters. The molecule has 1 fully saturated rings. The van der Waals surface area contributed by atoms with Crippen LogP contribution in [0.25, 0.3) is 0 Å². The molecule has 1 aromatic rings. The smallest absolute Gasteiger partial charge is 0.283 e. The molecule has 1 N–H and O–H groups in total. The molecule has 2 aliphatic rings. The zero-order chi connectivity index (χ0) is 19.9. The van der Waals surface area contributed by atoms with Gasteiger partial charge in [-0.25, -0.2) is 4.90 Å². The zero-order valence-corrected chi connectivity index (χ0v) is 17.7. The number of rotatable bonds is 3. The first-order valence-corrected chi connectivity index (χ1v) is 11.1. The summed E-state index contributed by atoms with van der Waals surface area (Å²) in [5.41, 5.74) is 0.580. The number of carbonyl (C=O) groups is 2. The minimum absolute atomic E-state index is 0.0453. The molecule has 4 nitrogen and oxygen atoms in total. The lowest BCUT2D eigenvalue weighted by Crippen LogP contribution is -2.37. The van der Waals surface area contributed by atoms with Gasteiger partial charge in [0.2, 0.25) is 0 Å². The van der Waals surface area contributed by atoms with Crippen molar-refractivity contribution in [2.24, 2.45) is 0 Å². The van der Waals surface area contributed by atoms with Crippen LogP contribution in [0.3, 0.4) is 0 Å². The van der Waals surface area contributed by atoms with Crippen LogP contribution in [0.1, 0.15) is 70.6 Å². The van der Waals surface area contributed by atoms with Crippen LogP contribution in [0.5, 0.6) is 0 Å². The van der Waals surface area contributed by atoms with Crippen LogP contribution < -0.4 is 10.2 Å². The second kappa shape index (κ2) is 10.3. The van der Waals surface area contributed by atoms with E-state index in [9.17, 15) is 9.59 Å². The van der Waals surface area contributed by atoms with E-state index in [0.29, 0.717) is 10.7 Å². The van der Waals surface area contributed by atoms with Crippen LogP contribution in [-0.2, 0) is 9.59 Å². The summed E-state index contributed by atoms with van der Waals surface area (Å²) in [5.74, 6) is -0.940. The van der Waals surface area contributed by atoms with Crippen molar-refractivity contribution >= 4 is 40.7 Å². The molecule has 1 aliphatic heterocycles. The van der Waals surface area contributed by atoms with Gasteiger partial charge in [0.15, 0.2) is 0 Å². The molecule has 0 bridgehead atoms. The highest BCUT2D eigenvalue weighted by Crippen LogP contribution is 2.33. The fraction of sp³-hybridized carbons (Fsp3) is 0.545. The highest BCUT2D eigenvalue weighted by atomic mass is 35.5. The van der Waals surface area contributed by atoms with Crippen molar-refractivity contribution in [1.29, 1.82) is 0 Å². The molecule has 6 heteroatoms. The SMILES string of the molecule is O=C1C(Cl)=C(NC2CCCCCCCCCCC2)C(=O)N1c1ccccc1Cl. The number of imide groups is 1. The third-order valence-corrected chi connectivity index (χ3v) is 6.24. The second-order valence-electron chi connectivity index (χ2n) is 7.69. The summed E-state index contributed by atoms with van der Waals surface area (Å²) in [6.07, 6.45) is 13.2. The van der Waals surface area contributed by atoms with E-state index >= 15 is 0 Å². The average molecular weight is 423 g/mol. The van der Waals surface area contributed by atoms with Gasteiger partial charge in [-0.05, 0) is 25.0 Å². The summed E-state index contributed by atoms with van der Waals surface area (Å²) in [7, 11) is 0. The first-order chi connectivity index (χ1) is 13.6. The first-order valence-electron chi connectivity index (χ1n) is 10.4. The fourth-order valence-corrected chi connectivity index (χ4v) is 4.43. The van der Waals surface area contributed by atoms with Crippen molar-refractivity contribution in [1.82, 2.24) is 5.32 Å². The van der Waals surface area contributed by atoms with Gasteiger partial charge in [-0.3, -0.25) is 9.59 Å². The number of halogens is 2. The van der Waals surface area contributed by atoms with Crippen LogP contribution in [0.15, 0.2) is 35.0 Å². The maximum Gasteiger partial charge on any atom is 0.283 e. The van der Waals surface area contributed by atoms with E-state index in [1.165, 1.54) is 44.9 Å². The van der Waals surface area contributed by atoms with E-state index < -0.39 is 11.8 Å². The molecule has 1 aliphatic carbocycles. The maximum absolute atomic E-state index is 13.0. The molecule has 1 heterocycles. The van der Waals surface area contributed by atoms with Gasteiger partial charge in [0.25, 0.3) is 11.8 Å². The summed E-state index contributed by atoms with van der Waals surface area (Å²) < 4.78 is 0. The zero-order valence-electron chi connectivity index (χ0n) is 16.2. The fourth-order valence-electron chi connectivity index (χ4n) is 3.99. The lowest BCUT2D eigenvalue weighted by Gasteiger charge is -2.22. The Balaban J connectivity index is 1.71. The van der Waals surface area contributed by atoms with E-state index in [-0.39, 0.29) is 16.8 Å². The van der Waals surface area contributed by atoms with E-state index in [4.69, 9.17) is 23.2 Å². The summed E-state index contributed by atoms with van der Waals surface area (Å²) in [5, 5.41) is 3.61. The molecule has 1 saturated carbocycles. The average Bonchev–Trinajstić information content (AvgIpc) is 2.88. The van der Waals surface area contributed by atoms with Gasteiger partial charge in [0.05, 0.1) is 10.7 Å². The Labute approximate surface area is 177 Å². The third kappa shape index (κ3) is 5.09. The number of benzene rings is 1. The highest BCUT2D eigenvalue weighted by molar-refractivity contribution is 6.53. The molecular formula is C22H28Cl2N2O2. The Hall–Kier alpha value is -1.52. The van der Waals surface area contributed by atoms with E-state index in [0.717, 1.165) is 30.6 Å². The predicted octanol–water partition coefficient (Wildman–Crippen LogP) is 5.93. The van der Waals surface area contributed by atoms with E-state index in [1.54, 1.807) is 24.3 Å². The summed E-state index contributed by atoms with van der Waals surface area (Å²) in [4.78, 5) is 26.7. The number of hydrogen-bond donors (Lipinski definition) is 1. The Kier molecular flexibility index (Phi) is 7.81. The number of carbonyl (C=O) groups excluding carboxylic acids is 2. The van der Waals surface area contributed by atoms with Gasteiger partial charge in [-0.15, -0.1) is 0 Å². The Morgan fingerprint density at radius 1 is 0.786 bits per heavy atom. The van der Waals surface area contributed by atoms with Crippen LogP contribution in [0, 0.1) is 0 Å². The molecule has 0 spiro atoms. The second-order valence-corrected chi connectivity index (χ2v) is 8.47. The minimum Gasteiger partial charge on any atom is -0.376 e. The topological polar surface area (TPSA) is 49.4 Å². The molecule has 28 heavy (non-hydrogen) atoms. The van der Waals surface area contributed by atoms with Gasteiger partial charge in [0.1, 0.15) is 10.7 Å². The molecule has 152 valence electrons. The van der Waals surface area contributed by atoms with Gasteiger partial charge in [-0.2, -0.15) is 0 Å². The van der Waals surface area contributed by atoms with Crippen molar-refractivity contribution < 1.29 is 9.59 Å². The standard InChI is InChI=1S/C22H28Cl2N2O2/c23-17-14-10-11-15-18(17)26-21(27)19(24)20(22(26)28)25-16-12-8-6-4-2-1-3-5-7-9-13-16/h10-11,14-16,25H,1-9,12-13H2. The van der Waals surface area contributed by atoms with Crippen molar-refractivity contribution in [3.8, 4) is 0 Å². The molecule has 0 radical (unpaired) electrons. The van der Waals surface area contributed by atoms with Crippen molar-refractivity contribution in [3.63, 3.8) is 0 Å². The lowest BCUT2D eigenvalue weighted by molar-refractivity contribution is -0.120. The van der Waals surface area contributed by atoms with Crippen molar-refractivity contribution in [2.45, 2.75) is 76.7 Å². The summed E-state index contributed by atoms with van der Waals surface area (Å²) in [6.45, 7) is 0. The Morgan fingerprint density at radius 3 is 1.89 bits per heavy atom. The summed E-state index contributed by atoms with van der Waals surface area (Å²) >= 11 is 12.5. The number of hydrogen-bond acceptors (Lipinski definition) is 3. The number of nitrogens with one attached hydrogen (secondary N) is 1. The Morgan fingerprint density at radius 2 is 1.32 bits per heavy atom. The van der Waals surface area contributed by atoms with Crippen LogP contribution in [0.4, 0.5) is 5.69 Å². The van der Waals surface area contributed by atoms with E-state index in [2.05, 4.69) is 5.32 Å². The van der Waals surface area contributed by atoms with Gasteiger partial charge >= 0.3 is 0 Å². The van der Waals surface area contributed by atoms with Gasteiger partial charge in [-0.1, -0.05) is 93.1 Å². The third-order valence-electron chi connectivity index (χ3n) is 5.57. The van der Waals surface area contributed by atoms with E-state index in [1.807, 2.05) is 0 Å². The number of amides is 2. The molecule has 0 saturated heterocycles. The van der Waals surface area contributed by atoms with Gasteiger partial charge in [0, 0.05) is 6.04 Å². The van der Waals surface area contributed by atoms with Crippen molar-refractivity contribution in [3.05, 3.63) is 40.0 Å². The number of nitrogens with zero attached hydrogens (tertiary/aromatic N) is 1. The van der Waals surface area contributed by atoms with Crippen LogP contribution >= 0.6 is 23.2 Å². The molecular weight excluding hydrogens is 395 g/mol. The monoisotopic (exact) mass is 422 g/mol. The molecule has 0 aromatic heterocycles. The molecule has 2 amide bonds. The van der Waals surface area contributed by atoms with Crippen LogP contribution in [-0.4, -0.2) is 17.9 Å². The largest absolute Gasteiger partial charge is 0.376 e. The highest BCUT2D eigenvalue weighted by Gasteiger charge is 2.40. The normalized spacial score (nSPS) is 20.9.